The van der Waals surface area contributed by atoms with Gasteiger partial charge in [-0.15, -0.1) is 0 Å². The van der Waals surface area contributed by atoms with Gasteiger partial charge in [-0.2, -0.15) is 18.4 Å². The number of nitrogens with one attached hydrogen (secondary N) is 1. The Morgan fingerprint density at radius 3 is 2.43 bits per heavy atom. The lowest BCUT2D eigenvalue weighted by Gasteiger charge is -2.10. The molecule has 0 spiro atoms. The summed E-state index contributed by atoms with van der Waals surface area (Å²) in [6, 6.07) is 10.9. The van der Waals surface area contributed by atoms with Gasteiger partial charge in [0.05, 0.1) is 30.7 Å². The summed E-state index contributed by atoms with van der Waals surface area (Å²) in [4.78, 5) is 13.2. The van der Waals surface area contributed by atoms with Gasteiger partial charge in [0, 0.05) is 5.56 Å². The molecule has 0 radical (unpaired) electrons. The molecule has 2 aromatic rings. The quantitative estimate of drug-likeness (QED) is 0.488. The van der Waals surface area contributed by atoms with E-state index in [4.69, 9.17) is 14.6 Å². The Labute approximate surface area is 163 Å². The molecule has 28 heavy (non-hydrogen) atoms. The summed E-state index contributed by atoms with van der Waals surface area (Å²) in [5.41, 5.74) is 1.42. The molecular weight excluding hydrogens is 384 g/mol. The molecule has 0 atom stereocenters. The maximum absolute atomic E-state index is 12.4. The smallest absolute Gasteiger partial charge is 0.307 e. The minimum absolute atomic E-state index is 0.0498. The van der Waals surface area contributed by atoms with Crippen molar-refractivity contribution in [1.29, 1.82) is 0 Å². The number of methoxy groups -OCH3 is 1. The van der Waals surface area contributed by atoms with E-state index < -0.39 is 16.0 Å². The molecule has 0 aliphatic heterocycles. The van der Waals surface area contributed by atoms with Crippen molar-refractivity contribution < 1.29 is 27.8 Å². The lowest BCUT2D eigenvalue weighted by Crippen LogP contribution is -2.20. The van der Waals surface area contributed by atoms with E-state index in [1.165, 1.54) is 19.2 Å². The van der Waals surface area contributed by atoms with E-state index in [2.05, 4.69) is 9.93 Å². The van der Waals surface area contributed by atoms with Crippen molar-refractivity contribution in [3.63, 3.8) is 0 Å². The van der Waals surface area contributed by atoms with Gasteiger partial charge in [0.1, 0.15) is 11.5 Å². The molecule has 9 heteroatoms. The fraction of sp³-hybridized carbons (Fsp3) is 0.263. The number of hydrogen-bond donors (Lipinski definition) is 2. The SMILES string of the molecule is CCOc1ccc(S(=O)(=O)N/N=C(/C)c2ccc(OC)c(CC(=O)O)c2)cc1. The van der Waals surface area contributed by atoms with Crippen molar-refractivity contribution in [2.45, 2.75) is 25.2 Å². The fourth-order valence-electron chi connectivity index (χ4n) is 2.43. The van der Waals surface area contributed by atoms with Gasteiger partial charge in [0.25, 0.3) is 10.0 Å². The summed E-state index contributed by atoms with van der Waals surface area (Å²) in [5.74, 6) is 0.0143. The Bertz CT molecular complexity index is 968. The maximum atomic E-state index is 12.4. The molecule has 150 valence electrons. The van der Waals surface area contributed by atoms with Crippen LogP contribution in [-0.2, 0) is 21.2 Å². The van der Waals surface area contributed by atoms with Crippen LogP contribution in [0.1, 0.15) is 25.0 Å². The van der Waals surface area contributed by atoms with Crippen LogP contribution in [0.25, 0.3) is 0 Å². The average Bonchev–Trinajstić information content (AvgIpc) is 2.66. The highest BCUT2D eigenvalue weighted by molar-refractivity contribution is 7.89. The number of ether oxygens (including phenoxy) is 2. The summed E-state index contributed by atoms with van der Waals surface area (Å²) in [7, 11) is -2.40. The molecule has 0 aliphatic carbocycles. The van der Waals surface area contributed by atoms with Crippen LogP contribution < -0.4 is 14.3 Å². The fourth-order valence-corrected chi connectivity index (χ4v) is 3.29. The molecule has 0 bridgehead atoms. The standard InChI is InChI=1S/C19H22N2O6S/c1-4-27-16-6-8-17(9-7-16)28(24,25)21-20-13(2)14-5-10-18(26-3)15(11-14)12-19(22)23/h5-11,21H,4,12H2,1-3H3,(H,22,23)/b20-13-. The van der Waals surface area contributed by atoms with E-state index in [1.807, 2.05) is 6.92 Å². The van der Waals surface area contributed by atoms with Crippen LogP contribution in [0.15, 0.2) is 52.5 Å². The van der Waals surface area contributed by atoms with Crippen molar-refractivity contribution in [2.24, 2.45) is 5.10 Å². The maximum Gasteiger partial charge on any atom is 0.307 e. The van der Waals surface area contributed by atoms with Crippen molar-refractivity contribution in [2.75, 3.05) is 13.7 Å². The normalized spacial score (nSPS) is 11.8. The van der Waals surface area contributed by atoms with Crippen molar-refractivity contribution in [3.8, 4) is 11.5 Å². The minimum Gasteiger partial charge on any atom is -0.496 e. The van der Waals surface area contributed by atoms with Crippen LogP contribution in [0.4, 0.5) is 0 Å². The lowest BCUT2D eigenvalue weighted by molar-refractivity contribution is -0.136. The third kappa shape index (κ3) is 5.46. The number of aliphatic carboxylic acids is 1. The van der Waals surface area contributed by atoms with Crippen molar-refractivity contribution >= 4 is 21.7 Å². The summed E-state index contributed by atoms with van der Waals surface area (Å²) >= 11 is 0. The molecular formula is C19H22N2O6S. The molecule has 0 aromatic heterocycles. The highest BCUT2D eigenvalue weighted by Crippen LogP contribution is 2.21. The zero-order chi connectivity index (χ0) is 20.7. The third-order valence-corrected chi connectivity index (χ3v) is 5.04. The minimum atomic E-state index is -3.85. The first-order chi connectivity index (χ1) is 13.3. The van der Waals surface area contributed by atoms with Gasteiger partial charge in [-0.05, 0) is 61.9 Å². The Balaban J connectivity index is 2.21. The van der Waals surface area contributed by atoms with Crippen LogP contribution in [-0.4, -0.2) is 38.9 Å². The molecule has 0 aliphatic rings. The molecule has 2 N–H and O–H groups in total. The molecule has 0 heterocycles. The van der Waals surface area contributed by atoms with Gasteiger partial charge in [0.2, 0.25) is 0 Å². The number of hydrogen-bond acceptors (Lipinski definition) is 6. The lowest BCUT2D eigenvalue weighted by atomic mass is 10.0. The third-order valence-electron chi connectivity index (χ3n) is 3.82. The average molecular weight is 406 g/mol. The molecule has 2 aromatic carbocycles. The monoisotopic (exact) mass is 406 g/mol. The molecule has 0 fully saturated rings. The number of rotatable bonds is 9. The predicted octanol–water partition coefficient (Wildman–Crippen LogP) is 2.42. The van der Waals surface area contributed by atoms with E-state index in [0.717, 1.165) is 0 Å². The Morgan fingerprint density at radius 2 is 1.86 bits per heavy atom. The molecule has 0 saturated carbocycles. The molecule has 8 nitrogen and oxygen atoms in total. The molecule has 2 rings (SSSR count). The second-order valence-electron chi connectivity index (χ2n) is 5.79. The number of carbonyl (C=O) groups is 1. The van der Waals surface area contributed by atoms with Crippen LogP contribution in [0, 0.1) is 0 Å². The molecule has 0 amide bonds. The van der Waals surface area contributed by atoms with Crippen LogP contribution in [0.2, 0.25) is 0 Å². The first kappa shape index (κ1) is 21.2. The van der Waals surface area contributed by atoms with Crippen LogP contribution in [0.3, 0.4) is 0 Å². The number of sulfonamides is 1. The number of carboxylic acid groups (broad SMARTS) is 1. The van der Waals surface area contributed by atoms with E-state index in [9.17, 15) is 13.2 Å². The zero-order valence-corrected chi connectivity index (χ0v) is 16.6. The summed E-state index contributed by atoms with van der Waals surface area (Å²) in [6.45, 7) is 3.94. The van der Waals surface area contributed by atoms with Gasteiger partial charge in [-0.25, -0.2) is 0 Å². The first-order valence-corrected chi connectivity index (χ1v) is 9.93. The summed E-state index contributed by atoms with van der Waals surface area (Å²) in [6.07, 6.45) is -0.220. The highest BCUT2D eigenvalue weighted by Gasteiger charge is 2.14. The van der Waals surface area contributed by atoms with E-state index in [-0.39, 0.29) is 11.3 Å². The van der Waals surface area contributed by atoms with Crippen LogP contribution in [0.5, 0.6) is 11.5 Å². The highest BCUT2D eigenvalue weighted by atomic mass is 32.2. The van der Waals surface area contributed by atoms with Gasteiger partial charge in [-0.1, -0.05) is 0 Å². The topological polar surface area (TPSA) is 114 Å². The van der Waals surface area contributed by atoms with Gasteiger partial charge < -0.3 is 14.6 Å². The second kappa shape index (κ2) is 9.23. The second-order valence-corrected chi connectivity index (χ2v) is 7.45. The number of hydrazone groups is 1. The number of nitrogens with zero attached hydrogens (tertiary/aromatic N) is 1. The van der Waals surface area contributed by atoms with E-state index in [0.29, 0.717) is 34.9 Å². The summed E-state index contributed by atoms with van der Waals surface area (Å²) in [5, 5.41) is 13.0. The van der Waals surface area contributed by atoms with E-state index in [1.54, 1.807) is 37.3 Å². The molecule has 0 saturated heterocycles. The number of benzene rings is 2. The largest absolute Gasteiger partial charge is 0.496 e. The Hall–Kier alpha value is -3.07. The van der Waals surface area contributed by atoms with Gasteiger partial charge >= 0.3 is 5.97 Å². The van der Waals surface area contributed by atoms with Crippen molar-refractivity contribution in [1.82, 2.24) is 4.83 Å². The number of carboxylic acids is 1. The first-order valence-electron chi connectivity index (χ1n) is 8.45. The van der Waals surface area contributed by atoms with Gasteiger partial charge in [-0.3, -0.25) is 4.79 Å². The Kier molecular flexibility index (Phi) is 7.00. The molecule has 0 unspecified atom stereocenters. The summed E-state index contributed by atoms with van der Waals surface area (Å²) < 4.78 is 35.2. The Morgan fingerprint density at radius 1 is 1.18 bits per heavy atom. The van der Waals surface area contributed by atoms with Crippen LogP contribution >= 0.6 is 0 Å². The zero-order valence-electron chi connectivity index (χ0n) is 15.8. The van der Waals surface area contributed by atoms with Gasteiger partial charge in [0.15, 0.2) is 0 Å². The van der Waals surface area contributed by atoms with E-state index >= 15 is 0 Å². The predicted molar refractivity (Wildman–Crippen MR) is 104 cm³/mol. The van der Waals surface area contributed by atoms with Crippen molar-refractivity contribution in [3.05, 3.63) is 53.6 Å².